The number of aromatic nitrogens is 2. The second kappa shape index (κ2) is 7.04. The minimum Gasteiger partial charge on any atom is -0.273 e. The molecule has 1 saturated heterocycles. The first-order valence-electron chi connectivity index (χ1n) is 7.03. The number of anilines is 1. The van der Waals surface area contributed by atoms with Crippen LogP contribution in [0.4, 0.5) is 10.5 Å². The smallest absolute Gasteiger partial charge is 0.273 e. The van der Waals surface area contributed by atoms with E-state index < -0.39 is 17.8 Å². The van der Waals surface area contributed by atoms with Crippen molar-refractivity contribution in [3.05, 3.63) is 52.8 Å². The Balaban J connectivity index is 2.00. The lowest BCUT2D eigenvalue weighted by atomic mass is 10.1. The fourth-order valence-electron chi connectivity index (χ4n) is 2.18. The number of barbiturate groups is 1. The van der Waals surface area contributed by atoms with Crippen LogP contribution in [-0.4, -0.2) is 34.1 Å². The summed E-state index contributed by atoms with van der Waals surface area (Å²) in [7, 11) is 0. The molecule has 7 nitrogen and oxygen atoms in total. The van der Waals surface area contributed by atoms with Crippen molar-refractivity contribution in [2.45, 2.75) is 5.16 Å². The van der Waals surface area contributed by atoms with E-state index in [1.165, 1.54) is 36.3 Å². The zero-order valence-corrected chi connectivity index (χ0v) is 14.5. The standard InChI is InChI=1S/C16H11ClN4O3S/c1-25-15-18-7-9(8-19-15)6-10-13(22)20-16(24)21(14(10)23)12-5-3-2-4-11(12)17/h2-8H,1H3,(H,20,22,24). The number of imide groups is 2. The zero-order valence-electron chi connectivity index (χ0n) is 12.9. The first kappa shape index (κ1) is 17.1. The normalized spacial score (nSPS) is 16.3. The maximum absolute atomic E-state index is 12.7. The van der Waals surface area contributed by atoms with E-state index in [1.54, 1.807) is 18.2 Å². The number of rotatable bonds is 3. The van der Waals surface area contributed by atoms with Crippen LogP contribution < -0.4 is 10.2 Å². The SMILES string of the molecule is CSc1ncc(C=C2C(=O)NC(=O)N(c3ccccc3Cl)C2=O)cn1. The summed E-state index contributed by atoms with van der Waals surface area (Å²) >= 11 is 7.43. The summed E-state index contributed by atoms with van der Waals surface area (Å²) in [6.07, 6.45) is 6.14. The lowest BCUT2D eigenvalue weighted by Gasteiger charge is -2.26. The Morgan fingerprint density at radius 1 is 1.16 bits per heavy atom. The van der Waals surface area contributed by atoms with Crippen molar-refractivity contribution in [3.8, 4) is 0 Å². The molecule has 1 aliphatic rings. The number of hydrogen-bond acceptors (Lipinski definition) is 6. The summed E-state index contributed by atoms with van der Waals surface area (Å²) < 4.78 is 0. The van der Waals surface area contributed by atoms with Crippen molar-refractivity contribution in [1.82, 2.24) is 15.3 Å². The minimum atomic E-state index is -0.853. The highest BCUT2D eigenvalue weighted by Gasteiger charge is 2.37. The molecule has 2 aromatic rings. The first-order valence-corrected chi connectivity index (χ1v) is 8.63. The van der Waals surface area contributed by atoms with Gasteiger partial charge in [0.2, 0.25) is 0 Å². The van der Waals surface area contributed by atoms with Gasteiger partial charge in [-0.15, -0.1) is 0 Å². The van der Waals surface area contributed by atoms with Crippen molar-refractivity contribution in [2.75, 3.05) is 11.2 Å². The van der Waals surface area contributed by atoms with Gasteiger partial charge in [0.05, 0.1) is 10.7 Å². The molecule has 3 rings (SSSR count). The van der Waals surface area contributed by atoms with Gasteiger partial charge < -0.3 is 0 Å². The number of amides is 4. The second-order valence-electron chi connectivity index (χ2n) is 4.91. The third-order valence-corrected chi connectivity index (χ3v) is 4.23. The van der Waals surface area contributed by atoms with Gasteiger partial charge in [0.25, 0.3) is 11.8 Å². The van der Waals surface area contributed by atoms with Crippen molar-refractivity contribution in [2.24, 2.45) is 0 Å². The van der Waals surface area contributed by atoms with Crippen molar-refractivity contribution < 1.29 is 14.4 Å². The van der Waals surface area contributed by atoms with Crippen LogP contribution in [-0.2, 0) is 9.59 Å². The van der Waals surface area contributed by atoms with Gasteiger partial charge in [0, 0.05) is 18.0 Å². The highest BCUT2D eigenvalue weighted by atomic mass is 35.5. The Bertz CT molecular complexity index is 899. The van der Waals surface area contributed by atoms with Gasteiger partial charge in [-0.3, -0.25) is 14.9 Å². The number of carbonyl (C=O) groups excluding carboxylic acids is 3. The van der Waals surface area contributed by atoms with Gasteiger partial charge in [-0.2, -0.15) is 0 Å². The van der Waals surface area contributed by atoms with Gasteiger partial charge in [0.15, 0.2) is 5.16 Å². The molecule has 0 aliphatic carbocycles. The Morgan fingerprint density at radius 3 is 2.48 bits per heavy atom. The molecule has 1 fully saturated rings. The topological polar surface area (TPSA) is 92.3 Å². The molecule has 9 heteroatoms. The number of thioether (sulfide) groups is 1. The van der Waals surface area contributed by atoms with Gasteiger partial charge in [0.1, 0.15) is 5.57 Å². The quantitative estimate of drug-likeness (QED) is 0.384. The molecule has 0 unspecified atom stereocenters. The predicted octanol–water partition coefficient (Wildman–Crippen LogP) is 2.52. The molecule has 1 aliphatic heterocycles. The summed E-state index contributed by atoms with van der Waals surface area (Å²) in [5, 5.41) is 2.91. The van der Waals surface area contributed by atoms with E-state index in [0.717, 1.165) is 4.90 Å². The molecule has 0 saturated carbocycles. The number of para-hydroxylation sites is 1. The number of carbonyl (C=O) groups is 3. The molecule has 0 spiro atoms. The number of nitrogens with one attached hydrogen (secondary N) is 1. The molecule has 1 aromatic heterocycles. The Labute approximate surface area is 152 Å². The third-order valence-electron chi connectivity index (χ3n) is 3.34. The molecule has 2 heterocycles. The fourth-order valence-corrected chi connectivity index (χ4v) is 2.72. The molecular weight excluding hydrogens is 364 g/mol. The van der Waals surface area contributed by atoms with Crippen LogP contribution in [0.3, 0.4) is 0 Å². The van der Waals surface area contributed by atoms with Crippen LogP contribution in [0.25, 0.3) is 6.08 Å². The average molecular weight is 375 g/mol. The van der Waals surface area contributed by atoms with Crippen molar-refractivity contribution in [1.29, 1.82) is 0 Å². The van der Waals surface area contributed by atoms with Crippen LogP contribution in [0, 0.1) is 0 Å². The fraction of sp³-hybridized carbons (Fsp3) is 0.0625. The van der Waals surface area contributed by atoms with E-state index in [1.807, 2.05) is 6.26 Å². The van der Waals surface area contributed by atoms with Gasteiger partial charge in [-0.25, -0.2) is 19.7 Å². The number of nitrogens with zero attached hydrogens (tertiary/aromatic N) is 3. The van der Waals surface area contributed by atoms with Gasteiger partial charge in [-0.05, 0) is 24.5 Å². The molecule has 4 amide bonds. The highest BCUT2D eigenvalue weighted by Crippen LogP contribution is 2.28. The van der Waals surface area contributed by atoms with Crippen LogP contribution >= 0.6 is 23.4 Å². The van der Waals surface area contributed by atoms with E-state index in [-0.39, 0.29) is 16.3 Å². The molecule has 0 atom stereocenters. The third kappa shape index (κ3) is 3.40. The van der Waals surface area contributed by atoms with Gasteiger partial charge >= 0.3 is 6.03 Å². The van der Waals surface area contributed by atoms with E-state index >= 15 is 0 Å². The van der Waals surface area contributed by atoms with Gasteiger partial charge in [-0.1, -0.05) is 35.5 Å². The number of urea groups is 1. The number of hydrogen-bond donors (Lipinski definition) is 1. The lowest BCUT2D eigenvalue weighted by molar-refractivity contribution is -0.122. The molecule has 1 N–H and O–H groups in total. The zero-order chi connectivity index (χ0) is 18.0. The lowest BCUT2D eigenvalue weighted by Crippen LogP contribution is -2.54. The molecular formula is C16H11ClN4O3S. The van der Waals surface area contributed by atoms with Crippen LogP contribution in [0.15, 0.2) is 47.4 Å². The average Bonchev–Trinajstić information content (AvgIpc) is 2.60. The highest BCUT2D eigenvalue weighted by molar-refractivity contribution is 7.98. The van der Waals surface area contributed by atoms with Crippen LogP contribution in [0.1, 0.15) is 5.56 Å². The Hall–Kier alpha value is -2.71. The summed E-state index contributed by atoms with van der Waals surface area (Å²) in [6, 6.07) is 5.52. The van der Waals surface area contributed by atoms with Crippen molar-refractivity contribution >= 4 is 53.0 Å². The molecule has 0 bridgehead atoms. The maximum atomic E-state index is 12.7. The predicted molar refractivity (Wildman–Crippen MR) is 94.3 cm³/mol. The molecule has 126 valence electrons. The largest absolute Gasteiger partial charge is 0.335 e. The maximum Gasteiger partial charge on any atom is 0.335 e. The van der Waals surface area contributed by atoms with E-state index in [9.17, 15) is 14.4 Å². The van der Waals surface area contributed by atoms with Crippen molar-refractivity contribution in [3.63, 3.8) is 0 Å². The van der Waals surface area contributed by atoms with E-state index in [2.05, 4.69) is 15.3 Å². The molecule has 1 aromatic carbocycles. The second-order valence-corrected chi connectivity index (χ2v) is 6.09. The monoisotopic (exact) mass is 374 g/mol. The van der Waals surface area contributed by atoms with Crippen LogP contribution in [0.2, 0.25) is 5.02 Å². The first-order chi connectivity index (χ1) is 12.0. The summed E-state index contributed by atoms with van der Waals surface area (Å²) in [6.45, 7) is 0. The van der Waals surface area contributed by atoms with E-state index in [4.69, 9.17) is 11.6 Å². The molecule has 0 radical (unpaired) electrons. The number of halogens is 1. The van der Waals surface area contributed by atoms with E-state index in [0.29, 0.717) is 10.7 Å². The number of benzene rings is 1. The Morgan fingerprint density at radius 2 is 1.84 bits per heavy atom. The summed E-state index contributed by atoms with van der Waals surface area (Å²) in [5.74, 6) is -1.55. The Kier molecular flexibility index (Phi) is 4.82. The summed E-state index contributed by atoms with van der Waals surface area (Å²) in [5.41, 5.74) is 0.448. The molecule has 25 heavy (non-hydrogen) atoms. The van der Waals surface area contributed by atoms with Crippen LogP contribution in [0.5, 0.6) is 0 Å². The minimum absolute atomic E-state index is 0.194. The summed E-state index contributed by atoms with van der Waals surface area (Å²) in [4.78, 5) is 45.9.